The van der Waals surface area contributed by atoms with Gasteiger partial charge in [0.25, 0.3) is 0 Å². The third-order valence-electron chi connectivity index (χ3n) is 4.52. The third kappa shape index (κ3) is 6.73. The van der Waals surface area contributed by atoms with E-state index in [0.29, 0.717) is 22.8 Å². The maximum Gasteiger partial charge on any atom is 1.00 e. The van der Waals surface area contributed by atoms with Crippen LogP contribution in [0.3, 0.4) is 0 Å². The van der Waals surface area contributed by atoms with Crippen LogP contribution in [-0.2, 0) is 9.30 Å². The number of hydrogen-bond acceptors (Lipinski definition) is 11. The molecule has 1 aromatic carbocycles. The third-order valence-corrected chi connectivity index (χ3v) is 5.34. The number of aromatic nitrogens is 3. The summed E-state index contributed by atoms with van der Waals surface area (Å²) in [7, 11) is -2.06. The van der Waals surface area contributed by atoms with Crippen molar-refractivity contribution in [2.45, 2.75) is 30.6 Å². The van der Waals surface area contributed by atoms with Gasteiger partial charge in [-0.05, 0) is 12.1 Å². The van der Waals surface area contributed by atoms with Crippen LogP contribution in [0.25, 0.3) is 11.3 Å². The molecule has 0 amide bonds. The van der Waals surface area contributed by atoms with Crippen LogP contribution in [0, 0.1) is 0 Å². The molecule has 0 radical (unpaired) electrons. The summed E-state index contributed by atoms with van der Waals surface area (Å²) >= 11 is 0. The number of rotatable bonds is 7. The van der Waals surface area contributed by atoms with Crippen molar-refractivity contribution in [3.8, 4) is 22.8 Å². The molecule has 0 aliphatic carbocycles. The molecule has 0 spiro atoms. The van der Waals surface area contributed by atoms with Gasteiger partial charge >= 0.3 is 59.1 Å². The van der Waals surface area contributed by atoms with Crippen LogP contribution in [0.5, 0.6) is 11.5 Å². The fourth-order valence-corrected chi connectivity index (χ4v) is 3.76. The standard InChI is InChI=1S/C16H22N3O9P.2Na/c1-26-8-3-4-9(12(5-8)27-2)10-6-19(18-17-10)16-14(22)13(21)15(28-16)11(20)7-29(23,24)25;;/h3-6,11,13-16,20-22H,7H2,1-2H3,(H2,23,24,25);;/q;2*+1/p-2/t11-,13+,14-,15-,16-;;/m1../s1. The predicted molar refractivity (Wildman–Crippen MR) is 93.0 cm³/mol. The Morgan fingerprint density at radius 1 is 1.23 bits per heavy atom. The Bertz CT molecular complexity index is 912. The summed E-state index contributed by atoms with van der Waals surface area (Å²) in [5, 5.41) is 38.1. The first-order chi connectivity index (χ1) is 13.6. The Hall–Kier alpha value is -0.0500. The zero-order valence-electron chi connectivity index (χ0n) is 17.5. The Balaban J connectivity index is 0.00000240. The van der Waals surface area contributed by atoms with Crippen LogP contribution in [0.1, 0.15) is 6.23 Å². The van der Waals surface area contributed by atoms with Crippen LogP contribution in [0.15, 0.2) is 24.4 Å². The van der Waals surface area contributed by atoms with E-state index >= 15 is 0 Å². The molecule has 2 aromatic rings. The molecule has 2 heterocycles. The Morgan fingerprint density at radius 3 is 2.48 bits per heavy atom. The van der Waals surface area contributed by atoms with Gasteiger partial charge in [0.15, 0.2) is 6.23 Å². The van der Waals surface area contributed by atoms with E-state index in [0.717, 1.165) is 4.68 Å². The minimum Gasteiger partial charge on any atom is -0.811 e. The Labute approximate surface area is 222 Å². The maximum absolute atomic E-state index is 10.9. The summed E-state index contributed by atoms with van der Waals surface area (Å²) < 4.78 is 27.8. The molecule has 3 rings (SSSR count). The van der Waals surface area contributed by atoms with Gasteiger partial charge in [-0.2, -0.15) is 0 Å². The second-order valence-electron chi connectivity index (χ2n) is 6.48. The van der Waals surface area contributed by atoms with E-state index in [4.69, 9.17) is 14.2 Å². The van der Waals surface area contributed by atoms with E-state index in [2.05, 4.69) is 10.3 Å². The van der Waals surface area contributed by atoms with E-state index in [-0.39, 0.29) is 59.1 Å². The quantitative estimate of drug-likeness (QED) is 0.255. The molecule has 15 heteroatoms. The molecule has 160 valence electrons. The zero-order chi connectivity index (χ0) is 21.3. The summed E-state index contributed by atoms with van der Waals surface area (Å²) in [5.41, 5.74) is 0.935. The van der Waals surface area contributed by atoms with Crippen molar-refractivity contribution in [3.05, 3.63) is 24.4 Å². The van der Waals surface area contributed by atoms with Crippen LogP contribution in [0.2, 0.25) is 0 Å². The van der Waals surface area contributed by atoms with Gasteiger partial charge < -0.3 is 43.9 Å². The molecule has 1 aliphatic heterocycles. The monoisotopic (exact) mass is 475 g/mol. The molecule has 31 heavy (non-hydrogen) atoms. The molecule has 1 fully saturated rings. The molecular weight excluding hydrogens is 455 g/mol. The van der Waals surface area contributed by atoms with Crippen molar-refractivity contribution >= 4 is 7.60 Å². The van der Waals surface area contributed by atoms with E-state index < -0.39 is 44.4 Å². The summed E-state index contributed by atoms with van der Waals surface area (Å²) in [4.78, 5) is 21.7. The van der Waals surface area contributed by atoms with Crippen LogP contribution in [0.4, 0.5) is 0 Å². The molecule has 0 unspecified atom stereocenters. The van der Waals surface area contributed by atoms with Crippen molar-refractivity contribution in [3.63, 3.8) is 0 Å². The number of aliphatic hydroxyl groups excluding tert-OH is 3. The molecule has 1 aromatic heterocycles. The number of aliphatic hydroxyl groups is 3. The number of hydrogen-bond donors (Lipinski definition) is 3. The second kappa shape index (κ2) is 11.9. The molecule has 3 N–H and O–H groups in total. The molecule has 1 aliphatic rings. The molecule has 12 nitrogen and oxygen atoms in total. The number of ether oxygens (including phenoxy) is 3. The largest absolute Gasteiger partial charge is 1.00 e. The van der Waals surface area contributed by atoms with Gasteiger partial charge in [-0.25, -0.2) is 4.68 Å². The van der Waals surface area contributed by atoms with Crippen molar-refractivity contribution in [1.82, 2.24) is 15.0 Å². The molecular formula is C16H20N3Na2O9P. The molecule has 5 atom stereocenters. The van der Waals surface area contributed by atoms with E-state index in [1.807, 2.05) is 0 Å². The first-order valence-corrected chi connectivity index (χ1v) is 10.2. The second-order valence-corrected chi connectivity index (χ2v) is 8.07. The van der Waals surface area contributed by atoms with Crippen molar-refractivity contribution in [2.75, 3.05) is 20.4 Å². The van der Waals surface area contributed by atoms with Crippen molar-refractivity contribution in [2.24, 2.45) is 0 Å². The van der Waals surface area contributed by atoms with Crippen molar-refractivity contribution in [1.29, 1.82) is 0 Å². The van der Waals surface area contributed by atoms with Crippen LogP contribution >= 0.6 is 7.60 Å². The first-order valence-electron chi connectivity index (χ1n) is 8.49. The van der Waals surface area contributed by atoms with Gasteiger partial charge in [-0.15, -0.1) is 5.10 Å². The number of benzene rings is 1. The van der Waals surface area contributed by atoms with Gasteiger partial charge in [0.05, 0.1) is 26.5 Å². The molecule has 0 saturated carbocycles. The van der Waals surface area contributed by atoms with Gasteiger partial charge in [0, 0.05) is 17.8 Å². The normalized spacial score (nSPS) is 24.1. The Morgan fingerprint density at radius 2 is 1.90 bits per heavy atom. The summed E-state index contributed by atoms with van der Waals surface area (Å²) in [5.74, 6) is 1.03. The molecule has 0 bridgehead atoms. The fourth-order valence-electron chi connectivity index (χ4n) is 3.09. The topological polar surface area (TPSA) is 182 Å². The van der Waals surface area contributed by atoms with Gasteiger partial charge in [0.2, 0.25) is 0 Å². The minimum absolute atomic E-state index is 0. The smallest absolute Gasteiger partial charge is 0.811 e. The average molecular weight is 475 g/mol. The Kier molecular flexibility index (Phi) is 11.1. The van der Waals surface area contributed by atoms with Gasteiger partial charge in [0.1, 0.15) is 35.5 Å². The van der Waals surface area contributed by atoms with Crippen LogP contribution in [-0.4, -0.2) is 75.1 Å². The zero-order valence-corrected chi connectivity index (χ0v) is 22.4. The van der Waals surface area contributed by atoms with Gasteiger partial charge in [-0.1, -0.05) is 12.8 Å². The number of nitrogens with zero attached hydrogens (tertiary/aromatic N) is 3. The molecule has 1 saturated heterocycles. The van der Waals surface area contributed by atoms with E-state index in [1.165, 1.54) is 20.4 Å². The predicted octanol–water partition coefficient (Wildman–Crippen LogP) is -8.14. The summed E-state index contributed by atoms with van der Waals surface area (Å²) in [6.45, 7) is 0. The van der Waals surface area contributed by atoms with E-state index in [1.54, 1.807) is 18.2 Å². The van der Waals surface area contributed by atoms with Crippen LogP contribution < -0.4 is 78.4 Å². The summed E-state index contributed by atoms with van der Waals surface area (Å²) in [6, 6.07) is 5.03. The SMILES string of the molecule is COc1ccc(-c2cn([C@@H]3O[C@H]([C@H](O)CP(=O)([O-])[O-])[C@@H](O)[C@H]3O)nn2)c(OC)c1.[Na+].[Na+]. The number of methoxy groups -OCH3 is 2. The van der Waals surface area contributed by atoms with Crippen molar-refractivity contribution < 1.29 is 103 Å². The fraction of sp³-hybridized carbons (Fsp3) is 0.500. The minimum atomic E-state index is -5.05. The average Bonchev–Trinajstić information content (AvgIpc) is 3.25. The summed E-state index contributed by atoms with van der Waals surface area (Å²) in [6.07, 6.45) is -7.45. The van der Waals surface area contributed by atoms with E-state index in [9.17, 15) is 29.7 Å². The van der Waals surface area contributed by atoms with Gasteiger partial charge in [-0.3, -0.25) is 0 Å². The first kappa shape index (κ1) is 29.0. The maximum atomic E-state index is 10.9.